The smallest absolute Gasteiger partial charge is 0.220 e. The number of carbonyl (C=O) groups is 2. The minimum atomic E-state index is 0.0479. The summed E-state index contributed by atoms with van der Waals surface area (Å²) in [6, 6.07) is 25.2. The quantitative estimate of drug-likeness (QED) is 0.0558. The van der Waals surface area contributed by atoms with Crippen molar-refractivity contribution < 1.29 is 9.59 Å². The number of unbranched alkanes of at least 4 members (excludes halogenated alkanes) is 2. The molecule has 4 aromatic carbocycles. The van der Waals surface area contributed by atoms with E-state index in [1.54, 1.807) is 0 Å². The van der Waals surface area contributed by atoms with Crippen molar-refractivity contribution in [1.29, 1.82) is 0 Å². The monoisotopic (exact) mass is 973 g/mol. The van der Waals surface area contributed by atoms with Gasteiger partial charge in [0.15, 0.2) is 0 Å². The van der Waals surface area contributed by atoms with E-state index in [1.165, 1.54) is 11.4 Å². The molecule has 18 nitrogen and oxygen atoms in total. The van der Waals surface area contributed by atoms with Crippen molar-refractivity contribution >= 4 is 67.3 Å². The summed E-state index contributed by atoms with van der Waals surface area (Å²) in [7, 11) is 4.35. The number of fused-ring (bicyclic) bond motifs is 4. The predicted octanol–water partition coefficient (Wildman–Crippen LogP) is 5.92. The number of anilines is 2. The fraction of sp³-hybridized carbons (Fsp3) is 0.444. The van der Waals surface area contributed by atoms with Crippen molar-refractivity contribution in [3.05, 3.63) is 84.4 Å². The Morgan fingerprint density at radius 3 is 1.28 bits per heavy atom. The zero-order chi connectivity index (χ0) is 49.0. The van der Waals surface area contributed by atoms with Gasteiger partial charge in [0, 0.05) is 114 Å². The minimum Gasteiger partial charge on any atom is -0.369 e. The average molecular weight is 973 g/mol. The van der Waals surface area contributed by atoms with E-state index < -0.39 is 0 Å². The Hall–Kier alpha value is -6.86. The first kappa shape index (κ1) is 47.5. The molecule has 0 unspecified atom stereocenters. The van der Waals surface area contributed by atoms with Crippen LogP contribution in [0.25, 0.3) is 66.9 Å². The van der Waals surface area contributed by atoms with Gasteiger partial charge in [0.05, 0.1) is 57.2 Å². The number of imidazole rings is 4. The number of hydrogen-bond acceptors (Lipinski definition) is 12. The fourth-order valence-corrected chi connectivity index (χ4v) is 10.4. The van der Waals surface area contributed by atoms with Crippen LogP contribution in [0.1, 0.15) is 50.2 Å². The molecule has 2 amide bonds. The highest BCUT2D eigenvalue weighted by atomic mass is 16.2. The zero-order valence-corrected chi connectivity index (χ0v) is 41.8. The van der Waals surface area contributed by atoms with Crippen molar-refractivity contribution in [1.82, 2.24) is 70.1 Å². The van der Waals surface area contributed by atoms with E-state index in [0.717, 1.165) is 196 Å². The van der Waals surface area contributed by atoms with Gasteiger partial charge in [0.1, 0.15) is 23.3 Å². The number of aromatic nitrogens is 8. The Kier molecular flexibility index (Phi) is 14.2. The second kappa shape index (κ2) is 21.5. The van der Waals surface area contributed by atoms with Gasteiger partial charge in [-0.15, -0.1) is 0 Å². The molecule has 0 saturated carbocycles. The van der Waals surface area contributed by atoms with Gasteiger partial charge in [-0.2, -0.15) is 0 Å². The lowest BCUT2D eigenvalue weighted by Gasteiger charge is -2.34. The number of nitrogens with zero attached hydrogens (tertiary/aromatic N) is 10. The fourth-order valence-electron chi connectivity index (χ4n) is 10.4. The number of nitrogens with one attached hydrogen (secondary N) is 6. The summed E-state index contributed by atoms with van der Waals surface area (Å²) in [5.41, 5.74) is 11.9. The van der Waals surface area contributed by atoms with E-state index in [9.17, 15) is 9.59 Å². The van der Waals surface area contributed by atoms with Crippen LogP contribution in [0.2, 0.25) is 0 Å². The van der Waals surface area contributed by atoms with E-state index in [0.29, 0.717) is 25.9 Å². The molecular weight excluding hydrogens is 905 g/mol. The van der Waals surface area contributed by atoms with Crippen LogP contribution in [0, 0.1) is 0 Å². The number of hydrogen-bond donors (Lipinski definition) is 6. The molecule has 72 heavy (non-hydrogen) atoms. The highest BCUT2D eigenvalue weighted by Gasteiger charge is 2.20. The molecule has 18 heteroatoms. The second-order valence-corrected chi connectivity index (χ2v) is 20.1. The molecule has 3 saturated heterocycles. The van der Waals surface area contributed by atoms with Crippen LogP contribution in [-0.2, 0) is 22.7 Å². The number of rotatable bonds is 18. The molecule has 6 N–H and O–H groups in total. The molecule has 7 heterocycles. The lowest BCUT2D eigenvalue weighted by Crippen LogP contribution is -2.46. The maximum absolute atomic E-state index is 12.8. The molecule has 11 rings (SSSR count). The number of H-pyrrole nitrogens is 4. The first-order chi connectivity index (χ1) is 35.2. The van der Waals surface area contributed by atoms with Crippen LogP contribution in [0.5, 0.6) is 0 Å². The topological polar surface area (TPSA) is 192 Å². The van der Waals surface area contributed by atoms with Crippen molar-refractivity contribution in [2.24, 2.45) is 0 Å². The summed E-state index contributed by atoms with van der Waals surface area (Å²) in [6.07, 6.45) is 4.69. The van der Waals surface area contributed by atoms with E-state index in [4.69, 9.17) is 19.9 Å². The maximum Gasteiger partial charge on any atom is 0.220 e. The summed E-state index contributed by atoms with van der Waals surface area (Å²) >= 11 is 0. The van der Waals surface area contributed by atoms with Crippen LogP contribution >= 0.6 is 0 Å². The number of likely N-dealkylation sites (N-methyl/N-ethyl adjacent to an activating group) is 2. The maximum atomic E-state index is 12.8. The van der Waals surface area contributed by atoms with Gasteiger partial charge in [-0.3, -0.25) is 9.59 Å². The molecule has 0 radical (unpaired) electrons. The number of piperazine rings is 3. The molecule has 0 aliphatic carbocycles. The van der Waals surface area contributed by atoms with Crippen molar-refractivity contribution in [2.75, 3.05) is 116 Å². The van der Waals surface area contributed by atoms with Gasteiger partial charge in [-0.1, -0.05) is 0 Å². The van der Waals surface area contributed by atoms with E-state index in [-0.39, 0.29) is 11.8 Å². The number of carbonyl (C=O) groups excluding carboxylic acids is 2. The third-order valence-electron chi connectivity index (χ3n) is 14.9. The van der Waals surface area contributed by atoms with E-state index in [1.807, 2.05) is 24.3 Å². The lowest BCUT2D eigenvalue weighted by molar-refractivity contribution is -0.122. The van der Waals surface area contributed by atoms with Crippen LogP contribution in [0.3, 0.4) is 0 Å². The van der Waals surface area contributed by atoms with Crippen molar-refractivity contribution in [3.8, 4) is 22.8 Å². The van der Waals surface area contributed by atoms with E-state index in [2.05, 4.69) is 123 Å². The minimum absolute atomic E-state index is 0.0479. The van der Waals surface area contributed by atoms with Gasteiger partial charge < -0.3 is 60.0 Å². The van der Waals surface area contributed by atoms with Crippen LogP contribution in [-0.4, -0.2) is 177 Å². The second-order valence-electron chi connectivity index (χ2n) is 20.1. The normalized spacial score (nSPS) is 16.8. The number of amides is 2. The van der Waals surface area contributed by atoms with Gasteiger partial charge in [0.2, 0.25) is 11.8 Å². The van der Waals surface area contributed by atoms with Crippen molar-refractivity contribution in [2.45, 2.75) is 51.6 Å². The first-order valence-electron chi connectivity index (χ1n) is 26.0. The Balaban J connectivity index is 0.547. The summed E-state index contributed by atoms with van der Waals surface area (Å²) in [4.78, 5) is 73.3. The van der Waals surface area contributed by atoms with Gasteiger partial charge in [0.25, 0.3) is 0 Å². The number of benzene rings is 4. The Bertz CT molecular complexity index is 2940. The Morgan fingerprint density at radius 2 is 0.847 bits per heavy atom. The molecule has 4 aromatic heterocycles. The molecule has 3 aliphatic heterocycles. The highest BCUT2D eigenvalue weighted by molar-refractivity contribution is 5.87. The van der Waals surface area contributed by atoms with Gasteiger partial charge in [-0.05, 0) is 126 Å². The molecule has 3 fully saturated rings. The summed E-state index contributed by atoms with van der Waals surface area (Å²) < 4.78 is 0. The standard InChI is InChI=1S/C54H68N16O2/c1-65-19-27-69(28-20-65)39-11-15-43-47(33-39)63-53(61-43)37-9-13-41-45(31-37)59-49(57-41)35-55-51(71)7-3-5-17-67-23-25-68(26-24-67)18-6-4-8-52(72)56-36-50-58-42-14-10-38(32-46(42)60-50)54-62-44-16-12-40(34-48(44)64-54)70-29-21-66(2)22-30-70/h9-16,31-34H,3-8,17-30,35-36H2,1-2H3,(H,55,71)(H,56,72)(H,57,59)(H,58,60)(H,61,63)(H,62,64). The lowest BCUT2D eigenvalue weighted by atomic mass is 10.2. The van der Waals surface area contributed by atoms with Gasteiger partial charge >= 0.3 is 0 Å². The first-order valence-corrected chi connectivity index (χ1v) is 26.0. The Morgan fingerprint density at radius 1 is 0.458 bits per heavy atom. The summed E-state index contributed by atoms with van der Waals surface area (Å²) in [6.45, 7) is 15.2. The Labute approximate surface area is 419 Å². The van der Waals surface area contributed by atoms with Crippen LogP contribution in [0.15, 0.2) is 72.8 Å². The van der Waals surface area contributed by atoms with Crippen LogP contribution in [0.4, 0.5) is 11.4 Å². The third-order valence-corrected chi connectivity index (χ3v) is 14.9. The molecule has 0 atom stereocenters. The molecule has 0 spiro atoms. The van der Waals surface area contributed by atoms with Crippen molar-refractivity contribution in [3.63, 3.8) is 0 Å². The third kappa shape index (κ3) is 11.3. The highest BCUT2D eigenvalue weighted by Crippen LogP contribution is 2.29. The summed E-state index contributed by atoms with van der Waals surface area (Å²) in [5, 5.41) is 6.12. The molecule has 3 aliphatic rings. The number of aromatic amines is 4. The zero-order valence-electron chi connectivity index (χ0n) is 41.8. The average Bonchev–Trinajstić information content (AvgIpc) is 4.22. The largest absolute Gasteiger partial charge is 0.369 e. The van der Waals surface area contributed by atoms with Crippen LogP contribution < -0.4 is 20.4 Å². The van der Waals surface area contributed by atoms with E-state index >= 15 is 0 Å². The molecular formula is C54H68N16O2. The van der Waals surface area contributed by atoms with Gasteiger partial charge in [-0.25, -0.2) is 19.9 Å². The molecule has 376 valence electrons. The predicted molar refractivity (Wildman–Crippen MR) is 286 cm³/mol. The molecule has 8 aromatic rings. The SMILES string of the molecule is CN1CCN(c2ccc3nc(-c4ccc5nc(CNC(=O)CCCCN6CCN(CCCCC(=O)NCc7nc8ccc(-c9nc%10ccc(N%11CCN(C)CC%11)cc%10[nH]9)cc8[nH]7)CC6)[nH]c5c4)[nH]c3c2)CC1. The molecule has 0 bridgehead atoms. The summed E-state index contributed by atoms with van der Waals surface area (Å²) in [5.74, 6) is 3.22.